The predicted octanol–water partition coefficient (Wildman–Crippen LogP) is 1.69. The van der Waals surface area contributed by atoms with Gasteiger partial charge in [-0.05, 0) is 19.4 Å². The van der Waals surface area contributed by atoms with Crippen LogP contribution in [0, 0.1) is 18.3 Å². The molecule has 1 saturated heterocycles. The van der Waals surface area contributed by atoms with Gasteiger partial charge in [0.15, 0.2) is 5.82 Å². The molecule has 2 aromatic heterocycles. The highest BCUT2D eigenvalue weighted by molar-refractivity contribution is 5.91. The number of alkyl halides is 1. The molecule has 0 saturated carbocycles. The zero-order valence-electron chi connectivity index (χ0n) is 11.7. The molecule has 0 aromatic carbocycles. The molecule has 3 heterocycles. The maximum absolute atomic E-state index is 14.6. The van der Waals surface area contributed by atoms with E-state index in [1.807, 2.05) is 6.92 Å². The van der Waals surface area contributed by atoms with Gasteiger partial charge in [0.05, 0.1) is 35.7 Å². The van der Waals surface area contributed by atoms with E-state index < -0.39 is 11.7 Å². The molecule has 110 valence electrons. The van der Waals surface area contributed by atoms with E-state index in [9.17, 15) is 4.39 Å². The van der Waals surface area contributed by atoms with Crippen molar-refractivity contribution in [1.29, 1.82) is 5.26 Å². The average molecular weight is 289 g/mol. The number of aryl methyl sites for hydroxylation is 1. The van der Waals surface area contributed by atoms with Gasteiger partial charge < -0.3 is 10.5 Å². The minimum Gasteiger partial charge on any atom is -0.382 e. The summed E-state index contributed by atoms with van der Waals surface area (Å²) < 4.78 is 21.4. The highest BCUT2D eigenvalue weighted by atomic mass is 19.1. The van der Waals surface area contributed by atoms with Gasteiger partial charge in [0.2, 0.25) is 0 Å². The van der Waals surface area contributed by atoms with Crippen molar-refractivity contribution >= 4 is 16.7 Å². The first kappa shape index (κ1) is 13.8. The molecule has 0 aliphatic carbocycles. The minimum absolute atomic E-state index is 0.0229. The molecule has 0 bridgehead atoms. The lowest BCUT2D eigenvalue weighted by Crippen LogP contribution is -2.49. The molecule has 1 fully saturated rings. The fourth-order valence-corrected chi connectivity index (χ4v) is 2.99. The SMILES string of the molecule is Cc1nccc2c1c(N)nn2[C@]1(CC#N)CCOC[C@@H]1F. The Hall–Kier alpha value is -2.20. The number of pyridine rings is 1. The number of hydrogen-bond acceptors (Lipinski definition) is 5. The summed E-state index contributed by atoms with van der Waals surface area (Å²) in [5, 5.41) is 14.2. The molecule has 1 aliphatic rings. The number of nitrogens with two attached hydrogens (primary N) is 1. The van der Waals surface area contributed by atoms with Crippen LogP contribution in [0.1, 0.15) is 18.5 Å². The van der Waals surface area contributed by atoms with Crippen LogP contribution in [-0.4, -0.2) is 34.1 Å². The summed E-state index contributed by atoms with van der Waals surface area (Å²) in [5.41, 5.74) is 6.40. The topological polar surface area (TPSA) is 89.8 Å². The van der Waals surface area contributed by atoms with Crippen LogP contribution >= 0.6 is 0 Å². The van der Waals surface area contributed by atoms with Gasteiger partial charge in [-0.15, -0.1) is 0 Å². The van der Waals surface area contributed by atoms with Crippen molar-refractivity contribution in [3.05, 3.63) is 18.0 Å². The van der Waals surface area contributed by atoms with Crippen molar-refractivity contribution in [2.24, 2.45) is 0 Å². The molecular weight excluding hydrogens is 273 g/mol. The van der Waals surface area contributed by atoms with Crippen LogP contribution < -0.4 is 5.73 Å². The third-order valence-corrected chi connectivity index (χ3v) is 4.14. The smallest absolute Gasteiger partial charge is 0.155 e. The molecule has 21 heavy (non-hydrogen) atoms. The van der Waals surface area contributed by atoms with Crippen LogP contribution in [-0.2, 0) is 10.3 Å². The van der Waals surface area contributed by atoms with Crippen LogP contribution in [0.4, 0.5) is 10.2 Å². The van der Waals surface area contributed by atoms with Crippen LogP contribution in [0.3, 0.4) is 0 Å². The Bertz CT molecular complexity index is 722. The number of nitriles is 1. The molecule has 0 radical (unpaired) electrons. The molecule has 7 heteroatoms. The normalized spacial score (nSPS) is 25.9. The number of ether oxygens (including phenoxy) is 1. The lowest BCUT2D eigenvalue weighted by atomic mass is 9.85. The number of hydrogen-bond donors (Lipinski definition) is 1. The molecule has 0 amide bonds. The van der Waals surface area contributed by atoms with Gasteiger partial charge in [-0.2, -0.15) is 10.4 Å². The van der Waals surface area contributed by atoms with Crippen molar-refractivity contribution in [3.8, 4) is 6.07 Å². The van der Waals surface area contributed by atoms with Crippen molar-refractivity contribution in [3.63, 3.8) is 0 Å². The summed E-state index contributed by atoms with van der Waals surface area (Å²) in [7, 11) is 0. The summed E-state index contributed by atoms with van der Waals surface area (Å²) in [5.74, 6) is 0.312. The van der Waals surface area contributed by atoms with E-state index in [1.165, 1.54) is 0 Å². The first-order chi connectivity index (χ1) is 10.1. The van der Waals surface area contributed by atoms with Gasteiger partial charge >= 0.3 is 0 Å². The summed E-state index contributed by atoms with van der Waals surface area (Å²) in [4.78, 5) is 4.20. The van der Waals surface area contributed by atoms with E-state index in [-0.39, 0.29) is 13.0 Å². The van der Waals surface area contributed by atoms with Gasteiger partial charge in [-0.3, -0.25) is 9.67 Å². The van der Waals surface area contributed by atoms with E-state index in [4.69, 9.17) is 15.7 Å². The van der Waals surface area contributed by atoms with Gasteiger partial charge in [0.25, 0.3) is 0 Å². The number of rotatable bonds is 2. The third-order valence-electron chi connectivity index (χ3n) is 4.14. The predicted molar refractivity (Wildman–Crippen MR) is 75.2 cm³/mol. The van der Waals surface area contributed by atoms with Crippen molar-refractivity contribution in [2.45, 2.75) is 31.5 Å². The number of aromatic nitrogens is 3. The van der Waals surface area contributed by atoms with Crippen LogP contribution in [0.25, 0.3) is 10.9 Å². The molecule has 6 nitrogen and oxygen atoms in total. The van der Waals surface area contributed by atoms with E-state index in [0.29, 0.717) is 29.7 Å². The Morgan fingerprint density at radius 1 is 1.67 bits per heavy atom. The minimum atomic E-state index is -1.30. The average Bonchev–Trinajstić information content (AvgIpc) is 2.81. The van der Waals surface area contributed by atoms with Gasteiger partial charge in [0, 0.05) is 12.8 Å². The Morgan fingerprint density at radius 3 is 3.19 bits per heavy atom. The van der Waals surface area contributed by atoms with Crippen molar-refractivity contribution < 1.29 is 9.13 Å². The lowest BCUT2D eigenvalue weighted by molar-refractivity contribution is -0.0511. The second kappa shape index (κ2) is 4.97. The summed E-state index contributed by atoms with van der Waals surface area (Å²) in [6.45, 7) is 2.19. The highest BCUT2D eigenvalue weighted by Crippen LogP contribution is 2.38. The van der Waals surface area contributed by atoms with Gasteiger partial charge in [-0.1, -0.05) is 0 Å². The molecular formula is C14H16FN5O. The fourth-order valence-electron chi connectivity index (χ4n) is 2.99. The zero-order chi connectivity index (χ0) is 15.0. The third kappa shape index (κ3) is 1.94. The van der Waals surface area contributed by atoms with Gasteiger partial charge in [-0.25, -0.2) is 4.39 Å². The van der Waals surface area contributed by atoms with Crippen molar-refractivity contribution in [2.75, 3.05) is 18.9 Å². The second-order valence-electron chi connectivity index (χ2n) is 5.32. The van der Waals surface area contributed by atoms with Gasteiger partial charge in [0.1, 0.15) is 11.7 Å². The molecule has 2 aromatic rings. The number of halogens is 1. The Morgan fingerprint density at radius 2 is 2.48 bits per heavy atom. The second-order valence-corrected chi connectivity index (χ2v) is 5.32. The Balaban J connectivity index is 2.26. The molecule has 2 N–H and O–H groups in total. The van der Waals surface area contributed by atoms with E-state index in [2.05, 4.69) is 16.2 Å². The number of fused-ring (bicyclic) bond motifs is 1. The van der Waals surface area contributed by atoms with Crippen LogP contribution in [0.15, 0.2) is 12.3 Å². The zero-order valence-corrected chi connectivity index (χ0v) is 11.7. The molecule has 0 spiro atoms. The van der Waals surface area contributed by atoms with Crippen molar-refractivity contribution in [1.82, 2.24) is 14.8 Å². The quantitative estimate of drug-likeness (QED) is 0.908. The fraction of sp³-hybridized carbons (Fsp3) is 0.500. The maximum atomic E-state index is 14.6. The van der Waals surface area contributed by atoms with E-state index in [1.54, 1.807) is 16.9 Å². The van der Waals surface area contributed by atoms with E-state index in [0.717, 1.165) is 5.69 Å². The Labute approximate surface area is 121 Å². The monoisotopic (exact) mass is 289 g/mol. The molecule has 3 rings (SSSR count). The molecule has 0 unspecified atom stereocenters. The number of nitrogens with zero attached hydrogens (tertiary/aromatic N) is 4. The van der Waals surface area contributed by atoms with Crippen LogP contribution in [0.5, 0.6) is 0 Å². The Kier molecular flexibility index (Phi) is 3.26. The summed E-state index contributed by atoms with van der Waals surface area (Å²) >= 11 is 0. The first-order valence-corrected chi connectivity index (χ1v) is 6.79. The highest BCUT2D eigenvalue weighted by Gasteiger charge is 2.45. The first-order valence-electron chi connectivity index (χ1n) is 6.79. The van der Waals surface area contributed by atoms with Crippen LogP contribution in [0.2, 0.25) is 0 Å². The largest absolute Gasteiger partial charge is 0.382 e. The standard InChI is InChI=1S/C14H16FN5O/c1-9-12-10(2-6-18-9)20(19-13(12)17)14(3-5-16)4-7-21-8-11(14)15/h2,6,11H,3-4,7-8H2,1H3,(H2,17,19)/t11-,14+/m0/s1. The lowest BCUT2D eigenvalue weighted by Gasteiger charge is -2.38. The number of anilines is 1. The number of nitrogen functional groups attached to an aromatic ring is 1. The summed E-state index contributed by atoms with van der Waals surface area (Å²) in [6, 6.07) is 3.84. The maximum Gasteiger partial charge on any atom is 0.155 e. The molecule has 1 aliphatic heterocycles. The van der Waals surface area contributed by atoms with E-state index >= 15 is 0 Å². The molecule has 2 atom stereocenters. The summed E-state index contributed by atoms with van der Waals surface area (Å²) in [6.07, 6.45) is 0.748.